The molecule has 0 radical (unpaired) electrons. The van der Waals surface area contributed by atoms with E-state index in [0.29, 0.717) is 0 Å². The molecule has 76 valence electrons. The largest absolute Gasteiger partial charge is 0.383 e. The monoisotopic (exact) mass is 184 g/mol. The van der Waals surface area contributed by atoms with Gasteiger partial charge in [-0.05, 0) is 31.8 Å². The minimum Gasteiger partial charge on any atom is -0.383 e. The smallest absolute Gasteiger partial charge is 0.0587 e. The van der Waals surface area contributed by atoms with E-state index in [0.717, 1.165) is 25.1 Å². The van der Waals surface area contributed by atoms with Gasteiger partial charge in [-0.2, -0.15) is 0 Å². The Morgan fingerprint density at radius 2 is 2.15 bits per heavy atom. The van der Waals surface area contributed by atoms with Gasteiger partial charge in [-0.25, -0.2) is 0 Å². The summed E-state index contributed by atoms with van der Waals surface area (Å²) in [5, 5.41) is 3.59. The number of piperidine rings is 3. The summed E-state index contributed by atoms with van der Waals surface area (Å²) < 4.78 is 5.04. The van der Waals surface area contributed by atoms with E-state index in [1.165, 1.54) is 32.5 Å². The molecule has 3 rings (SSSR count). The van der Waals surface area contributed by atoms with Crippen molar-refractivity contribution in [2.24, 2.45) is 5.92 Å². The van der Waals surface area contributed by atoms with Crippen molar-refractivity contribution in [3.63, 3.8) is 0 Å². The molecule has 3 aliphatic heterocycles. The van der Waals surface area contributed by atoms with Crippen molar-refractivity contribution in [2.45, 2.75) is 18.9 Å². The minimum atomic E-state index is 0.734. The average molecular weight is 184 g/mol. The normalized spacial score (nSPS) is 38.1. The molecule has 0 aromatic carbocycles. The van der Waals surface area contributed by atoms with Crippen LogP contribution in [0.5, 0.6) is 0 Å². The second kappa shape index (κ2) is 4.40. The first-order valence-corrected chi connectivity index (χ1v) is 5.35. The van der Waals surface area contributed by atoms with Crippen molar-refractivity contribution < 1.29 is 4.74 Å². The molecule has 13 heavy (non-hydrogen) atoms. The zero-order chi connectivity index (χ0) is 9.10. The van der Waals surface area contributed by atoms with Crippen molar-refractivity contribution in [3.05, 3.63) is 0 Å². The van der Waals surface area contributed by atoms with Gasteiger partial charge >= 0.3 is 0 Å². The summed E-state index contributed by atoms with van der Waals surface area (Å²) in [7, 11) is 1.76. The topological polar surface area (TPSA) is 24.5 Å². The summed E-state index contributed by atoms with van der Waals surface area (Å²) in [5.74, 6) is 0.932. The van der Waals surface area contributed by atoms with Crippen LogP contribution in [0.1, 0.15) is 12.8 Å². The standard InChI is InChI=1S/C10H20N2O/c1-13-7-4-11-10-8-12-5-2-9(10)3-6-12/h9-11H,2-8H2,1H3/t10-/m0/s1. The molecular weight excluding hydrogens is 164 g/mol. The fourth-order valence-electron chi connectivity index (χ4n) is 2.54. The summed E-state index contributed by atoms with van der Waals surface area (Å²) in [6.45, 7) is 5.75. The highest BCUT2D eigenvalue weighted by atomic mass is 16.5. The molecule has 2 bridgehead atoms. The van der Waals surface area contributed by atoms with E-state index in [9.17, 15) is 0 Å². The molecule has 0 saturated carbocycles. The van der Waals surface area contributed by atoms with Gasteiger partial charge in [-0.3, -0.25) is 0 Å². The molecule has 3 aliphatic rings. The number of fused-ring (bicyclic) bond motifs is 3. The zero-order valence-corrected chi connectivity index (χ0v) is 8.46. The molecule has 1 atom stereocenters. The first-order chi connectivity index (χ1) is 6.40. The van der Waals surface area contributed by atoms with Crippen molar-refractivity contribution in [1.82, 2.24) is 10.2 Å². The lowest BCUT2D eigenvalue weighted by Gasteiger charge is -2.45. The van der Waals surface area contributed by atoms with Gasteiger partial charge in [0, 0.05) is 26.2 Å². The van der Waals surface area contributed by atoms with Crippen molar-refractivity contribution in [2.75, 3.05) is 39.9 Å². The Balaban J connectivity index is 1.74. The molecule has 0 aliphatic carbocycles. The maximum Gasteiger partial charge on any atom is 0.0587 e. The van der Waals surface area contributed by atoms with Crippen LogP contribution in [0.2, 0.25) is 0 Å². The number of rotatable bonds is 4. The third kappa shape index (κ3) is 2.22. The van der Waals surface area contributed by atoms with E-state index in [2.05, 4.69) is 10.2 Å². The van der Waals surface area contributed by atoms with Gasteiger partial charge in [0.25, 0.3) is 0 Å². The van der Waals surface area contributed by atoms with E-state index < -0.39 is 0 Å². The predicted octanol–water partition coefficient (Wildman–Crippen LogP) is 0.317. The predicted molar refractivity (Wildman–Crippen MR) is 52.8 cm³/mol. The number of nitrogens with one attached hydrogen (secondary N) is 1. The highest BCUT2D eigenvalue weighted by Gasteiger charge is 2.33. The quantitative estimate of drug-likeness (QED) is 0.637. The van der Waals surface area contributed by atoms with Gasteiger partial charge in [-0.1, -0.05) is 0 Å². The Morgan fingerprint density at radius 1 is 1.38 bits per heavy atom. The van der Waals surface area contributed by atoms with E-state index >= 15 is 0 Å². The van der Waals surface area contributed by atoms with Gasteiger partial charge < -0.3 is 15.0 Å². The van der Waals surface area contributed by atoms with Gasteiger partial charge in [-0.15, -0.1) is 0 Å². The Kier molecular flexibility index (Phi) is 3.19. The first kappa shape index (κ1) is 9.44. The lowest BCUT2D eigenvalue weighted by Crippen LogP contribution is -2.56. The molecule has 0 amide bonds. The van der Waals surface area contributed by atoms with Crippen LogP contribution in [0.25, 0.3) is 0 Å². The van der Waals surface area contributed by atoms with Gasteiger partial charge in [0.15, 0.2) is 0 Å². The zero-order valence-electron chi connectivity index (χ0n) is 8.46. The Labute approximate surface area is 80.4 Å². The fraction of sp³-hybridized carbons (Fsp3) is 1.00. The molecule has 0 aromatic heterocycles. The van der Waals surface area contributed by atoms with Crippen LogP contribution in [0.4, 0.5) is 0 Å². The van der Waals surface area contributed by atoms with E-state index in [4.69, 9.17) is 4.74 Å². The highest BCUT2D eigenvalue weighted by molar-refractivity contribution is 4.90. The molecule has 3 heteroatoms. The summed E-state index contributed by atoms with van der Waals surface area (Å²) in [6.07, 6.45) is 2.79. The minimum absolute atomic E-state index is 0.734. The lowest BCUT2D eigenvalue weighted by molar-refractivity contribution is 0.0685. The third-order valence-electron chi connectivity index (χ3n) is 3.37. The first-order valence-electron chi connectivity index (χ1n) is 5.35. The number of hydrogen-bond acceptors (Lipinski definition) is 3. The number of hydrogen-bond donors (Lipinski definition) is 1. The second-order valence-electron chi connectivity index (χ2n) is 4.19. The molecule has 1 N–H and O–H groups in total. The Hall–Kier alpha value is -0.120. The molecule has 0 spiro atoms. The SMILES string of the molecule is COCCN[C@H]1CN2CCC1CC2. The average Bonchev–Trinajstić information content (AvgIpc) is 2.20. The molecule has 3 saturated heterocycles. The van der Waals surface area contributed by atoms with Crippen molar-refractivity contribution >= 4 is 0 Å². The molecule has 0 aromatic rings. The van der Waals surface area contributed by atoms with Crippen LogP contribution in [-0.4, -0.2) is 50.8 Å². The molecule has 3 fully saturated rings. The molecular formula is C10H20N2O. The number of nitrogens with zero attached hydrogens (tertiary/aromatic N) is 1. The summed E-state index contributed by atoms with van der Waals surface area (Å²) in [4.78, 5) is 2.57. The van der Waals surface area contributed by atoms with Gasteiger partial charge in [0.05, 0.1) is 6.61 Å². The van der Waals surface area contributed by atoms with E-state index in [1.54, 1.807) is 7.11 Å². The molecule has 3 heterocycles. The fourth-order valence-corrected chi connectivity index (χ4v) is 2.54. The maximum atomic E-state index is 5.04. The van der Waals surface area contributed by atoms with Gasteiger partial charge in [0.2, 0.25) is 0 Å². The molecule has 3 nitrogen and oxygen atoms in total. The highest BCUT2D eigenvalue weighted by Crippen LogP contribution is 2.27. The van der Waals surface area contributed by atoms with Crippen LogP contribution >= 0.6 is 0 Å². The Morgan fingerprint density at radius 3 is 2.69 bits per heavy atom. The van der Waals surface area contributed by atoms with Crippen LogP contribution in [0, 0.1) is 5.92 Å². The molecule has 0 unspecified atom stereocenters. The number of methoxy groups -OCH3 is 1. The van der Waals surface area contributed by atoms with Gasteiger partial charge in [0.1, 0.15) is 0 Å². The third-order valence-corrected chi connectivity index (χ3v) is 3.37. The maximum absolute atomic E-state index is 5.04. The van der Waals surface area contributed by atoms with Crippen LogP contribution in [0.3, 0.4) is 0 Å². The van der Waals surface area contributed by atoms with Crippen molar-refractivity contribution in [1.29, 1.82) is 0 Å². The lowest BCUT2D eigenvalue weighted by atomic mass is 9.84. The van der Waals surface area contributed by atoms with E-state index in [1.807, 2.05) is 0 Å². The number of ether oxygens (including phenoxy) is 1. The summed E-state index contributed by atoms with van der Waals surface area (Å²) in [6, 6.07) is 0.734. The summed E-state index contributed by atoms with van der Waals surface area (Å²) >= 11 is 0. The van der Waals surface area contributed by atoms with Crippen LogP contribution in [0.15, 0.2) is 0 Å². The second-order valence-corrected chi connectivity index (χ2v) is 4.19. The van der Waals surface area contributed by atoms with Crippen molar-refractivity contribution in [3.8, 4) is 0 Å². The van der Waals surface area contributed by atoms with Crippen LogP contribution in [-0.2, 0) is 4.74 Å². The Bertz CT molecular complexity index is 155. The van der Waals surface area contributed by atoms with E-state index in [-0.39, 0.29) is 0 Å². The van der Waals surface area contributed by atoms with Crippen LogP contribution < -0.4 is 5.32 Å². The summed E-state index contributed by atoms with van der Waals surface area (Å²) in [5.41, 5.74) is 0.